The fraction of sp³-hybridized carbons (Fsp3) is 0. The van der Waals surface area contributed by atoms with Crippen LogP contribution < -0.4 is 0 Å². The topological polar surface area (TPSA) is 25.8 Å². The number of hydrogen-bond acceptors (Lipinski definition) is 3. The molecule has 1 heterocycles. The summed E-state index contributed by atoms with van der Waals surface area (Å²) in [6, 6.07) is 10.1. The zero-order chi connectivity index (χ0) is 10.5. The van der Waals surface area contributed by atoms with Crippen molar-refractivity contribution in [1.29, 1.82) is 0 Å². The van der Waals surface area contributed by atoms with E-state index in [1.54, 1.807) is 30.2 Å². The molecule has 0 aliphatic heterocycles. The average Bonchev–Trinajstić information content (AvgIpc) is 2.31. The summed E-state index contributed by atoms with van der Waals surface area (Å²) in [6.07, 6.45) is 5.27. The van der Waals surface area contributed by atoms with E-state index in [9.17, 15) is 0 Å². The predicted octanol–water partition coefficient (Wildman–Crippen LogP) is 3.27. The van der Waals surface area contributed by atoms with Crippen LogP contribution in [0.15, 0.2) is 59.4 Å². The van der Waals surface area contributed by atoms with Gasteiger partial charge in [0.05, 0.1) is 0 Å². The molecule has 2 rings (SSSR count). The summed E-state index contributed by atoms with van der Waals surface area (Å²) < 4.78 is 0. The van der Waals surface area contributed by atoms with Crippen molar-refractivity contribution >= 4 is 17.8 Å². The summed E-state index contributed by atoms with van der Waals surface area (Å²) in [4.78, 5) is 9.59. The Hall–Kier alpha value is -1.61. The van der Waals surface area contributed by atoms with Crippen molar-refractivity contribution in [3.05, 3.63) is 54.9 Å². The highest BCUT2D eigenvalue weighted by atomic mass is 32.2. The number of hydrogen-bond donors (Lipinski definition) is 0. The third-order valence-corrected chi connectivity index (χ3v) is 2.74. The van der Waals surface area contributed by atoms with Crippen molar-refractivity contribution < 1.29 is 0 Å². The van der Waals surface area contributed by atoms with Gasteiger partial charge in [-0.25, -0.2) is 9.97 Å². The van der Waals surface area contributed by atoms with Gasteiger partial charge in [-0.05, 0) is 23.9 Å². The summed E-state index contributed by atoms with van der Waals surface area (Å²) in [5.41, 5.74) is 0.937. The van der Waals surface area contributed by atoms with Gasteiger partial charge in [0, 0.05) is 22.9 Å². The molecule has 0 aliphatic carbocycles. The first-order valence-corrected chi connectivity index (χ1v) is 5.37. The van der Waals surface area contributed by atoms with Gasteiger partial charge < -0.3 is 0 Å². The highest BCUT2D eigenvalue weighted by Crippen LogP contribution is 2.23. The minimum Gasteiger partial charge on any atom is -0.230 e. The Bertz CT molecular complexity index is 437. The van der Waals surface area contributed by atoms with Crippen LogP contribution in [0.5, 0.6) is 0 Å². The second-order valence-electron chi connectivity index (χ2n) is 2.92. The molecule has 0 bridgehead atoms. The van der Waals surface area contributed by atoms with Gasteiger partial charge in [-0.1, -0.05) is 30.9 Å². The molecule has 0 saturated carbocycles. The van der Waals surface area contributed by atoms with E-state index < -0.39 is 0 Å². The molecule has 0 amide bonds. The van der Waals surface area contributed by atoms with Crippen LogP contribution in [-0.2, 0) is 0 Å². The number of rotatable bonds is 3. The smallest absolute Gasteiger partial charge is 0.192 e. The summed E-state index contributed by atoms with van der Waals surface area (Å²) in [5, 5.41) is 0.756. The summed E-state index contributed by atoms with van der Waals surface area (Å²) in [5.74, 6) is 0. The zero-order valence-corrected chi connectivity index (χ0v) is 8.95. The Morgan fingerprint density at radius 3 is 2.33 bits per heavy atom. The predicted molar refractivity (Wildman–Crippen MR) is 62.7 cm³/mol. The molecule has 3 heteroatoms. The molecule has 0 N–H and O–H groups in total. The number of nitrogens with zero attached hydrogens (tertiary/aromatic N) is 2. The van der Waals surface area contributed by atoms with Crippen molar-refractivity contribution in [2.24, 2.45) is 0 Å². The summed E-state index contributed by atoms with van der Waals surface area (Å²) in [7, 11) is 0. The van der Waals surface area contributed by atoms with Crippen LogP contribution in [0.25, 0.3) is 6.08 Å². The Morgan fingerprint density at radius 2 is 1.73 bits per heavy atom. The summed E-state index contributed by atoms with van der Waals surface area (Å²) in [6.45, 7) is 3.66. The maximum Gasteiger partial charge on any atom is 0.192 e. The fourth-order valence-electron chi connectivity index (χ4n) is 1.08. The van der Waals surface area contributed by atoms with E-state index in [1.807, 2.05) is 30.3 Å². The molecule has 0 fully saturated rings. The SMILES string of the molecule is C=Cc1cnc(Sc2ccccc2)nc1. The molecule has 1 aromatic heterocycles. The van der Waals surface area contributed by atoms with E-state index in [-0.39, 0.29) is 0 Å². The number of aromatic nitrogens is 2. The van der Waals surface area contributed by atoms with Crippen LogP contribution >= 0.6 is 11.8 Å². The fourth-order valence-corrected chi connectivity index (χ4v) is 1.79. The van der Waals surface area contributed by atoms with E-state index in [2.05, 4.69) is 16.5 Å². The van der Waals surface area contributed by atoms with E-state index in [0.717, 1.165) is 15.6 Å². The van der Waals surface area contributed by atoms with Crippen LogP contribution in [0.3, 0.4) is 0 Å². The quantitative estimate of drug-likeness (QED) is 0.733. The molecule has 2 nitrogen and oxygen atoms in total. The third-order valence-electron chi connectivity index (χ3n) is 1.84. The molecule has 1 aromatic carbocycles. The molecule has 0 unspecified atom stereocenters. The second-order valence-corrected chi connectivity index (χ2v) is 3.96. The number of benzene rings is 1. The Balaban J connectivity index is 2.15. The van der Waals surface area contributed by atoms with Crippen LogP contribution in [0.2, 0.25) is 0 Å². The first-order valence-electron chi connectivity index (χ1n) is 4.56. The van der Waals surface area contributed by atoms with Gasteiger partial charge in [0.25, 0.3) is 0 Å². The van der Waals surface area contributed by atoms with E-state index in [4.69, 9.17) is 0 Å². The van der Waals surface area contributed by atoms with Gasteiger partial charge in [0.2, 0.25) is 0 Å². The Labute approximate surface area is 93.1 Å². The van der Waals surface area contributed by atoms with E-state index >= 15 is 0 Å². The van der Waals surface area contributed by atoms with Crippen LogP contribution in [0.1, 0.15) is 5.56 Å². The van der Waals surface area contributed by atoms with E-state index in [0.29, 0.717) is 0 Å². The first kappa shape index (κ1) is 9.93. The normalized spacial score (nSPS) is 9.87. The lowest BCUT2D eigenvalue weighted by Crippen LogP contribution is -1.86. The molecular weight excluding hydrogens is 204 g/mol. The molecule has 0 spiro atoms. The van der Waals surface area contributed by atoms with Crippen molar-refractivity contribution in [2.45, 2.75) is 10.1 Å². The first-order chi connectivity index (χ1) is 7.38. The third kappa shape index (κ3) is 2.67. The second kappa shape index (κ2) is 4.75. The molecular formula is C12H10N2S. The Morgan fingerprint density at radius 1 is 1.07 bits per heavy atom. The van der Waals surface area contributed by atoms with Gasteiger partial charge in [-0.2, -0.15) is 0 Å². The molecule has 0 aliphatic rings. The van der Waals surface area contributed by atoms with Gasteiger partial charge in [-0.15, -0.1) is 0 Å². The van der Waals surface area contributed by atoms with Gasteiger partial charge in [0.15, 0.2) is 5.16 Å². The minimum absolute atomic E-state index is 0.756. The maximum absolute atomic E-state index is 4.23. The Kier molecular flexibility index (Phi) is 3.15. The van der Waals surface area contributed by atoms with Gasteiger partial charge >= 0.3 is 0 Å². The minimum atomic E-state index is 0.756. The molecule has 0 saturated heterocycles. The monoisotopic (exact) mass is 214 g/mol. The molecule has 2 aromatic rings. The van der Waals surface area contributed by atoms with Gasteiger partial charge in [-0.3, -0.25) is 0 Å². The molecule has 15 heavy (non-hydrogen) atoms. The largest absolute Gasteiger partial charge is 0.230 e. The molecule has 74 valence electrons. The lowest BCUT2D eigenvalue weighted by molar-refractivity contribution is 0.962. The highest BCUT2D eigenvalue weighted by Gasteiger charge is 1.98. The van der Waals surface area contributed by atoms with Crippen LogP contribution in [0.4, 0.5) is 0 Å². The highest BCUT2D eigenvalue weighted by molar-refractivity contribution is 7.99. The molecule has 0 radical (unpaired) electrons. The lowest BCUT2D eigenvalue weighted by Gasteiger charge is -1.99. The van der Waals surface area contributed by atoms with Crippen LogP contribution in [0, 0.1) is 0 Å². The standard InChI is InChI=1S/C12H10N2S/c1-2-10-8-13-12(14-9-10)15-11-6-4-3-5-7-11/h2-9H,1H2. The van der Waals surface area contributed by atoms with Crippen molar-refractivity contribution in [3.63, 3.8) is 0 Å². The van der Waals surface area contributed by atoms with Crippen molar-refractivity contribution in [1.82, 2.24) is 9.97 Å². The van der Waals surface area contributed by atoms with Crippen LogP contribution in [-0.4, -0.2) is 9.97 Å². The van der Waals surface area contributed by atoms with Crippen molar-refractivity contribution in [3.8, 4) is 0 Å². The summed E-state index contributed by atoms with van der Waals surface area (Å²) >= 11 is 1.55. The maximum atomic E-state index is 4.23. The lowest BCUT2D eigenvalue weighted by atomic mass is 10.3. The molecule has 0 atom stereocenters. The zero-order valence-electron chi connectivity index (χ0n) is 8.13. The van der Waals surface area contributed by atoms with Crippen molar-refractivity contribution in [2.75, 3.05) is 0 Å². The van der Waals surface area contributed by atoms with E-state index in [1.165, 1.54) is 0 Å². The average molecular weight is 214 g/mol. The van der Waals surface area contributed by atoms with Gasteiger partial charge in [0.1, 0.15) is 0 Å².